The molecule has 0 unspecified atom stereocenters. The molecule has 0 amide bonds. The molecule has 3 heterocycles. The maximum Gasteiger partial charge on any atom is 0.235 e. The van der Waals surface area contributed by atoms with E-state index in [2.05, 4.69) is 215 Å². The summed E-state index contributed by atoms with van der Waals surface area (Å²) in [6.45, 7) is 0. The van der Waals surface area contributed by atoms with Gasteiger partial charge < -0.3 is 4.57 Å². The largest absolute Gasteiger partial charge is 0.309 e. The molecule has 0 saturated heterocycles. The molecule has 262 valence electrons. The summed E-state index contributed by atoms with van der Waals surface area (Å²) in [6.07, 6.45) is 0. The molecule has 0 bridgehead atoms. The second kappa shape index (κ2) is 13.1. The number of rotatable bonds is 6. The first-order valence-electron chi connectivity index (χ1n) is 19.0. The quantitative estimate of drug-likeness (QED) is 0.172. The van der Waals surface area contributed by atoms with Crippen LogP contribution in [0.4, 0.5) is 0 Å². The zero-order valence-electron chi connectivity index (χ0n) is 30.4. The molecule has 0 atom stereocenters. The van der Waals surface area contributed by atoms with Crippen molar-refractivity contribution in [3.05, 3.63) is 206 Å². The lowest BCUT2D eigenvalue weighted by Crippen LogP contribution is -2.04. The molecule has 56 heavy (non-hydrogen) atoms. The fourth-order valence-corrected chi connectivity index (χ4v) is 8.38. The maximum absolute atomic E-state index is 5.48. The Morgan fingerprint density at radius 2 is 0.786 bits per heavy atom. The molecule has 4 heteroatoms. The highest BCUT2D eigenvalue weighted by molar-refractivity contribution is 6.26. The zero-order chi connectivity index (χ0) is 37.0. The number of hydrogen-bond acceptors (Lipinski definition) is 2. The van der Waals surface area contributed by atoms with Gasteiger partial charge in [0.25, 0.3) is 0 Å². The average Bonchev–Trinajstić information content (AvgIpc) is 3.80. The van der Waals surface area contributed by atoms with Crippen molar-refractivity contribution in [3.63, 3.8) is 0 Å². The third kappa shape index (κ3) is 5.23. The van der Waals surface area contributed by atoms with E-state index in [1.807, 2.05) is 0 Å². The molecule has 3 aromatic heterocycles. The Morgan fingerprint density at radius 3 is 1.39 bits per heavy atom. The van der Waals surface area contributed by atoms with Crippen LogP contribution in [0, 0.1) is 0 Å². The van der Waals surface area contributed by atoms with E-state index in [9.17, 15) is 0 Å². The predicted molar refractivity (Wildman–Crippen MR) is 232 cm³/mol. The van der Waals surface area contributed by atoms with Gasteiger partial charge in [0.2, 0.25) is 5.95 Å². The standard InChI is InChI=1S/C52H34N4/c1-4-16-35(17-5-1)37-20-14-22-39(32-37)45-34-46(40-23-15-21-38(33-40)36-18-6-2-7-19-36)54-52(53-45)56-47-28-12-10-26-42(47)43-30-31-49-50(51(43)56)44-27-11-13-29-48(44)55(49)41-24-8-3-9-25-41/h1-34H. The zero-order valence-corrected chi connectivity index (χ0v) is 30.4. The molecule has 8 aromatic carbocycles. The minimum absolute atomic E-state index is 0.628. The Bertz CT molecular complexity index is 3130. The first-order valence-corrected chi connectivity index (χ1v) is 19.0. The lowest BCUT2D eigenvalue weighted by Gasteiger charge is -2.14. The van der Waals surface area contributed by atoms with Gasteiger partial charge in [-0.2, -0.15) is 0 Å². The molecular formula is C52H34N4. The van der Waals surface area contributed by atoms with E-state index in [1.54, 1.807) is 0 Å². The molecule has 4 nitrogen and oxygen atoms in total. The van der Waals surface area contributed by atoms with Crippen LogP contribution in [-0.4, -0.2) is 19.1 Å². The van der Waals surface area contributed by atoms with Crippen LogP contribution >= 0.6 is 0 Å². The lowest BCUT2D eigenvalue weighted by atomic mass is 9.99. The number of nitrogens with zero attached hydrogens (tertiary/aromatic N) is 4. The number of para-hydroxylation sites is 3. The van der Waals surface area contributed by atoms with E-state index >= 15 is 0 Å². The van der Waals surface area contributed by atoms with Crippen LogP contribution in [0.1, 0.15) is 0 Å². The molecule has 0 aliphatic carbocycles. The molecule has 11 rings (SSSR count). The Morgan fingerprint density at radius 1 is 0.304 bits per heavy atom. The molecule has 0 aliphatic heterocycles. The summed E-state index contributed by atoms with van der Waals surface area (Å²) in [7, 11) is 0. The fraction of sp³-hybridized carbons (Fsp3) is 0. The monoisotopic (exact) mass is 714 g/mol. The Kier molecular flexibility index (Phi) is 7.46. The minimum Gasteiger partial charge on any atom is -0.309 e. The average molecular weight is 715 g/mol. The van der Waals surface area contributed by atoms with Crippen molar-refractivity contribution in [1.29, 1.82) is 0 Å². The normalized spacial score (nSPS) is 11.6. The summed E-state index contributed by atoms with van der Waals surface area (Å²) in [5.41, 5.74) is 14.0. The van der Waals surface area contributed by atoms with Crippen molar-refractivity contribution in [2.45, 2.75) is 0 Å². The highest BCUT2D eigenvalue weighted by Gasteiger charge is 2.23. The maximum atomic E-state index is 5.48. The van der Waals surface area contributed by atoms with Gasteiger partial charge in [-0.05, 0) is 70.8 Å². The van der Waals surface area contributed by atoms with Crippen molar-refractivity contribution < 1.29 is 0 Å². The van der Waals surface area contributed by atoms with Crippen LogP contribution in [0.15, 0.2) is 206 Å². The van der Waals surface area contributed by atoms with Gasteiger partial charge >= 0.3 is 0 Å². The van der Waals surface area contributed by atoms with Gasteiger partial charge in [0.05, 0.1) is 33.5 Å². The van der Waals surface area contributed by atoms with Crippen molar-refractivity contribution in [2.75, 3.05) is 0 Å². The van der Waals surface area contributed by atoms with Crippen LogP contribution in [-0.2, 0) is 0 Å². The van der Waals surface area contributed by atoms with Crippen molar-refractivity contribution in [1.82, 2.24) is 19.1 Å². The third-order valence-electron chi connectivity index (χ3n) is 10.9. The molecule has 0 saturated carbocycles. The van der Waals surface area contributed by atoms with E-state index < -0.39 is 0 Å². The summed E-state index contributed by atoms with van der Waals surface area (Å²) in [4.78, 5) is 11.0. The summed E-state index contributed by atoms with van der Waals surface area (Å²) in [5, 5.41) is 4.68. The Labute approximate surface area is 324 Å². The van der Waals surface area contributed by atoms with Gasteiger partial charge in [-0.1, -0.05) is 158 Å². The molecule has 0 aliphatic rings. The number of benzene rings is 8. The van der Waals surface area contributed by atoms with Crippen LogP contribution < -0.4 is 0 Å². The molecule has 11 aromatic rings. The molecular weight excluding hydrogens is 681 g/mol. The van der Waals surface area contributed by atoms with Gasteiger partial charge in [0.1, 0.15) is 0 Å². The number of aromatic nitrogens is 4. The number of hydrogen-bond donors (Lipinski definition) is 0. The van der Waals surface area contributed by atoms with Crippen molar-refractivity contribution in [2.24, 2.45) is 0 Å². The van der Waals surface area contributed by atoms with E-state index in [0.717, 1.165) is 72.2 Å². The van der Waals surface area contributed by atoms with E-state index in [-0.39, 0.29) is 0 Å². The highest BCUT2D eigenvalue weighted by Crippen LogP contribution is 2.42. The van der Waals surface area contributed by atoms with Gasteiger partial charge in [-0.25, -0.2) is 9.97 Å². The number of fused-ring (bicyclic) bond motifs is 7. The summed E-state index contributed by atoms with van der Waals surface area (Å²) >= 11 is 0. The van der Waals surface area contributed by atoms with E-state index in [4.69, 9.17) is 9.97 Å². The predicted octanol–water partition coefficient (Wildman–Crippen LogP) is 13.3. The lowest BCUT2D eigenvalue weighted by molar-refractivity contribution is 0.998. The summed E-state index contributed by atoms with van der Waals surface area (Å²) < 4.78 is 4.67. The van der Waals surface area contributed by atoms with Crippen LogP contribution in [0.2, 0.25) is 0 Å². The van der Waals surface area contributed by atoms with Gasteiger partial charge in [0, 0.05) is 38.4 Å². The van der Waals surface area contributed by atoms with Crippen molar-refractivity contribution in [3.8, 4) is 56.4 Å². The summed E-state index contributed by atoms with van der Waals surface area (Å²) in [5.74, 6) is 0.628. The first kappa shape index (κ1) is 31.9. The SMILES string of the molecule is c1ccc(-c2cccc(-c3cc(-c4cccc(-c5ccccc5)c4)nc(-n4c5ccccc5c5ccc6c(c7ccccc7n6-c6ccccc6)c54)n3)c2)cc1. The Balaban J connectivity index is 1.23. The van der Waals surface area contributed by atoms with Crippen LogP contribution in [0.3, 0.4) is 0 Å². The van der Waals surface area contributed by atoms with Crippen LogP contribution in [0.25, 0.3) is 100 Å². The molecule has 0 spiro atoms. The third-order valence-corrected chi connectivity index (χ3v) is 10.9. The molecule has 0 fully saturated rings. The first-order chi connectivity index (χ1) is 27.8. The van der Waals surface area contributed by atoms with Gasteiger partial charge in [-0.15, -0.1) is 0 Å². The second-order valence-electron chi connectivity index (χ2n) is 14.2. The fourth-order valence-electron chi connectivity index (χ4n) is 8.38. The van der Waals surface area contributed by atoms with Crippen molar-refractivity contribution >= 4 is 43.6 Å². The van der Waals surface area contributed by atoms with Gasteiger partial charge in [0.15, 0.2) is 0 Å². The molecule has 0 N–H and O–H groups in total. The Hall–Kier alpha value is -7.56. The molecule has 0 radical (unpaired) electrons. The summed E-state index contributed by atoms with van der Waals surface area (Å²) in [6, 6.07) is 73.1. The topological polar surface area (TPSA) is 35.6 Å². The smallest absolute Gasteiger partial charge is 0.235 e. The van der Waals surface area contributed by atoms with E-state index in [1.165, 1.54) is 21.9 Å². The van der Waals surface area contributed by atoms with Gasteiger partial charge in [-0.3, -0.25) is 4.57 Å². The van der Waals surface area contributed by atoms with E-state index in [0.29, 0.717) is 5.95 Å². The highest BCUT2D eigenvalue weighted by atomic mass is 15.2. The minimum atomic E-state index is 0.628. The second-order valence-corrected chi connectivity index (χ2v) is 14.2. The van der Waals surface area contributed by atoms with Crippen LogP contribution in [0.5, 0.6) is 0 Å².